The Bertz CT molecular complexity index is 843. The van der Waals surface area contributed by atoms with Crippen LogP contribution in [0.5, 0.6) is 5.75 Å². The molecule has 1 saturated heterocycles. The summed E-state index contributed by atoms with van der Waals surface area (Å²) in [7, 11) is 0. The molecule has 2 aromatic rings. The Morgan fingerprint density at radius 1 is 1.15 bits per heavy atom. The molecule has 1 N–H and O–H groups in total. The quantitative estimate of drug-likeness (QED) is 0.867. The zero-order valence-electron chi connectivity index (χ0n) is 16.3. The van der Waals surface area contributed by atoms with Gasteiger partial charge >= 0.3 is 0 Å². The van der Waals surface area contributed by atoms with Crippen molar-refractivity contribution in [3.63, 3.8) is 0 Å². The predicted octanol–water partition coefficient (Wildman–Crippen LogP) is 4.08. The Morgan fingerprint density at radius 3 is 2.48 bits per heavy atom. The van der Waals surface area contributed by atoms with Crippen LogP contribution in [-0.2, 0) is 9.59 Å². The van der Waals surface area contributed by atoms with Gasteiger partial charge in [-0.3, -0.25) is 9.59 Å². The fourth-order valence-corrected chi connectivity index (χ4v) is 3.30. The Kier molecular flexibility index (Phi) is 5.49. The van der Waals surface area contributed by atoms with E-state index in [1.165, 1.54) is 0 Å². The molecule has 1 heterocycles. The van der Waals surface area contributed by atoms with Crippen molar-refractivity contribution in [2.75, 3.05) is 16.8 Å². The maximum absolute atomic E-state index is 12.6. The standard InChI is InChI=1S/C22H26N2O3/c1-14(2)27-19-8-6-18(7-9-19)24-13-17(12-21(24)25)22(26)23-20-10-5-15(3)11-16(20)4/h5-11,14,17H,12-13H2,1-4H3,(H,23,26)/t17-/m0/s1. The van der Waals surface area contributed by atoms with Crippen LogP contribution in [0.1, 0.15) is 31.4 Å². The van der Waals surface area contributed by atoms with Gasteiger partial charge in [-0.05, 0) is 63.6 Å². The van der Waals surface area contributed by atoms with Crippen LogP contribution in [0.15, 0.2) is 42.5 Å². The molecule has 0 aliphatic carbocycles. The first kappa shape index (κ1) is 19.0. The van der Waals surface area contributed by atoms with E-state index in [-0.39, 0.29) is 30.3 Å². The van der Waals surface area contributed by atoms with Gasteiger partial charge in [-0.1, -0.05) is 17.7 Å². The smallest absolute Gasteiger partial charge is 0.229 e. The van der Waals surface area contributed by atoms with E-state index in [4.69, 9.17) is 4.74 Å². The fraction of sp³-hybridized carbons (Fsp3) is 0.364. The van der Waals surface area contributed by atoms with Crippen molar-refractivity contribution in [1.82, 2.24) is 0 Å². The van der Waals surface area contributed by atoms with Crippen LogP contribution >= 0.6 is 0 Å². The minimum Gasteiger partial charge on any atom is -0.491 e. The summed E-state index contributed by atoms with van der Waals surface area (Å²) in [5.74, 6) is 0.264. The minimum atomic E-state index is -0.357. The van der Waals surface area contributed by atoms with Crippen molar-refractivity contribution < 1.29 is 14.3 Å². The van der Waals surface area contributed by atoms with Crippen LogP contribution in [0.25, 0.3) is 0 Å². The lowest BCUT2D eigenvalue weighted by Gasteiger charge is -2.18. The summed E-state index contributed by atoms with van der Waals surface area (Å²) in [6.45, 7) is 8.31. The number of aryl methyl sites for hydroxylation is 2. The summed E-state index contributed by atoms with van der Waals surface area (Å²) in [5, 5.41) is 2.96. The van der Waals surface area contributed by atoms with Gasteiger partial charge in [0.2, 0.25) is 11.8 Å². The van der Waals surface area contributed by atoms with E-state index in [1.807, 2.05) is 70.2 Å². The average Bonchev–Trinajstić information content (AvgIpc) is 2.99. The number of hydrogen-bond acceptors (Lipinski definition) is 3. The van der Waals surface area contributed by atoms with Crippen LogP contribution in [0, 0.1) is 19.8 Å². The third-order valence-corrected chi connectivity index (χ3v) is 4.66. The number of rotatable bonds is 5. The van der Waals surface area contributed by atoms with Crippen molar-refractivity contribution in [3.05, 3.63) is 53.6 Å². The molecule has 3 rings (SSSR count). The van der Waals surface area contributed by atoms with E-state index in [9.17, 15) is 9.59 Å². The lowest BCUT2D eigenvalue weighted by atomic mass is 10.1. The largest absolute Gasteiger partial charge is 0.491 e. The number of ether oxygens (including phenoxy) is 1. The van der Waals surface area contributed by atoms with Gasteiger partial charge < -0.3 is 15.0 Å². The average molecular weight is 366 g/mol. The lowest BCUT2D eigenvalue weighted by Crippen LogP contribution is -2.28. The van der Waals surface area contributed by atoms with E-state index in [0.717, 1.165) is 28.3 Å². The lowest BCUT2D eigenvalue weighted by molar-refractivity contribution is -0.122. The zero-order chi connectivity index (χ0) is 19.6. The van der Waals surface area contributed by atoms with Gasteiger partial charge in [-0.2, -0.15) is 0 Å². The highest BCUT2D eigenvalue weighted by atomic mass is 16.5. The third-order valence-electron chi connectivity index (χ3n) is 4.66. The van der Waals surface area contributed by atoms with Gasteiger partial charge in [0.15, 0.2) is 0 Å². The van der Waals surface area contributed by atoms with E-state index in [0.29, 0.717) is 6.54 Å². The number of carbonyl (C=O) groups is 2. The second-order valence-electron chi connectivity index (χ2n) is 7.37. The zero-order valence-corrected chi connectivity index (χ0v) is 16.3. The summed E-state index contributed by atoms with van der Waals surface area (Å²) in [5.41, 5.74) is 3.76. The van der Waals surface area contributed by atoms with Crippen LogP contribution in [0.4, 0.5) is 11.4 Å². The SMILES string of the molecule is Cc1ccc(NC(=O)[C@H]2CC(=O)N(c3ccc(OC(C)C)cc3)C2)c(C)c1. The summed E-state index contributed by atoms with van der Waals surface area (Å²) >= 11 is 0. The molecule has 5 heteroatoms. The van der Waals surface area contributed by atoms with Crippen molar-refractivity contribution in [1.29, 1.82) is 0 Å². The molecule has 1 fully saturated rings. The monoisotopic (exact) mass is 366 g/mol. The first-order chi connectivity index (χ1) is 12.8. The molecule has 0 spiro atoms. The maximum Gasteiger partial charge on any atom is 0.229 e. The number of anilines is 2. The highest BCUT2D eigenvalue weighted by Gasteiger charge is 2.35. The van der Waals surface area contributed by atoms with Crippen LogP contribution < -0.4 is 15.0 Å². The van der Waals surface area contributed by atoms with Crippen molar-refractivity contribution in [3.8, 4) is 5.75 Å². The van der Waals surface area contributed by atoms with E-state index in [1.54, 1.807) is 4.90 Å². The van der Waals surface area contributed by atoms with Crippen LogP contribution in [0.2, 0.25) is 0 Å². The molecule has 0 aromatic heterocycles. The van der Waals surface area contributed by atoms with E-state index < -0.39 is 0 Å². The van der Waals surface area contributed by atoms with Crippen LogP contribution in [-0.4, -0.2) is 24.5 Å². The first-order valence-electron chi connectivity index (χ1n) is 9.28. The van der Waals surface area contributed by atoms with Gasteiger partial charge in [0, 0.05) is 24.3 Å². The summed E-state index contributed by atoms with van der Waals surface area (Å²) in [4.78, 5) is 26.7. The van der Waals surface area contributed by atoms with Crippen LogP contribution in [0.3, 0.4) is 0 Å². The highest BCUT2D eigenvalue weighted by Crippen LogP contribution is 2.28. The first-order valence-corrected chi connectivity index (χ1v) is 9.28. The van der Waals surface area contributed by atoms with E-state index >= 15 is 0 Å². The fourth-order valence-electron chi connectivity index (χ4n) is 3.30. The van der Waals surface area contributed by atoms with Gasteiger partial charge in [0.25, 0.3) is 0 Å². The molecule has 0 radical (unpaired) electrons. The van der Waals surface area contributed by atoms with Crippen molar-refractivity contribution in [2.45, 2.75) is 40.2 Å². The van der Waals surface area contributed by atoms with Gasteiger partial charge in [-0.25, -0.2) is 0 Å². The number of nitrogens with zero attached hydrogens (tertiary/aromatic N) is 1. The normalized spacial score (nSPS) is 16.7. The molecule has 2 amide bonds. The number of hydrogen-bond donors (Lipinski definition) is 1. The molecule has 0 bridgehead atoms. The van der Waals surface area contributed by atoms with Crippen molar-refractivity contribution in [2.24, 2.45) is 5.92 Å². The second-order valence-corrected chi connectivity index (χ2v) is 7.37. The molecule has 1 atom stereocenters. The Hall–Kier alpha value is -2.82. The number of nitrogens with one attached hydrogen (secondary N) is 1. The second kappa shape index (κ2) is 7.82. The molecule has 142 valence electrons. The summed E-state index contributed by atoms with van der Waals surface area (Å²) in [6.07, 6.45) is 0.323. The molecular weight excluding hydrogens is 340 g/mol. The third kappa shape index (κ3) is 4.48. The molecule has 1 aliphatic rings. The Morgan fingerprint density at radius 2 is 1.85 bits per heavy atom. The predicted molar refractivity (Wildman–Crippen MR) is 107 cm³/mol. The summed E-state index contributed by atoms with van der Waals surface area (Å²) < 4.78 is 5.64. The molecule has 0 saturated carbocycles. The molecule has 5 nitrogen and oxygen atoms in total. The van der Waals surface area contributed by atoms with Gasteiger partial charge in [0.05, 0.1) is 12.0 Å². The minimum absolute atomic E-state index is 0.0340. The molecule has 1 aliphatic heterocycles. The van der Waals surface area contributed by atoms with Gasteiger partial charge in [0.1, 0.15) is 5.75 Å². The van der Waals surface area contributed by atoms with E-state index in [2.05, 4.69) is 5.32 Å². The maximum atomic E-state index is 12.6. The Labute approximate surface area is 160 Å². The molecule has 2 aromatic carbocycles. The number of amides is 2. The Balaban J connectivity index is 1.66. The number of benzene rings is 2. The molecule has 0 unspecified atom stereocenters. The molecular formula is C22H26N2O3. The number of carbonyl (C=O) groups excluding carboxylic acids is 2. The molecule has 27 heavy (non-hydrogen) atoms. The van der Waals surface area contributed by atoms with Crippen molar-refractivity contribution >= 4 is 23.2 Å². The van der Waals surface area contributed by atoms with Gasteiger partial charge in [-0.15, -0.1) is 0 Å². The highest BCUT2D eigenvalue weighted by molar-refractivity contribution is 6.03. The summed E-state index contributed by atoms with van der Waals surface area (Å²) in [6, 6.07) is 13.3. The topological polar surface area (TPSA) is 58.6 Å².